The Bertz CT molecular complexity index is 644. The van der Waals surface area contributed by atoms with Gasteiger partial charge in [0.05, 0.1) is 0 Å². The van der Waals surface area contributed by atoms with E-state index >= 15 is 0 Å². The summed E-state index contributed by atoms with van der Waals surface area (Å²) in [4.78, 5) is 0. The minimum Gasteiger partial charge on any atom is -0.0652 e. The zero-order chi connectivity index (χ0) is 14.7. The second-order valence-corrected chi connectivity index (χ2v) is 6.05. The number of rotatable bonds is 5. The summed E-state index contributed by atoms with van der Waals surface area (Å²) in [6.07, 6.45) is 8.42. The summed E-state index contributed by atoms with van der Waals surface area (Å²) < 4.78 is 0. The third kappa shape index (κ3) is 2.95. The van der Waals surface area contributed by atoms with Crippen molar-refractivity contribution in [2.45, 2.75) is 46.0 Å². The first-order valence-electron chi connectivity index (χ1n) is 8.22. The molecule has 0 nitrogen and oxygen atoms in total. The highest BCUT2D eigenvalue weighted by atomic mass is 14.2. The summed E-state index contributed by atoms with van der Waals surface area (Å²) in [5.41, 5.74) is 8.71. The van der Waals surface area contributed by atoms with Crippen LogP contribution in [0.3, 0.4) is 0 Å². The Hall–Kier alpha value is -1.82. The third-order valence-electron chi connectivity index (χ3n) is 4.34. The van der Waals surface area contributed by atoms with Crippen LogP contribution in [0.2, 0.25) is 0 Å². The maximum atomic E-state index is 2.42. The Labute approximate surface area is 128 Å². The monoisotopic (exact) mass is 276 g/mol. The largest absolute Gasteiger partial charge is 0.0652 e. The lowest BCUT2D eigenvalue weighted by atomic mass is 9.96. The van der Waals surface area contributed by atoms with Gasteiger partial charge in [0.25, 0.3) is 0 Å². The number of allylic oxidation sites excluding steroid dienone is 1. The van der Waals surface area contributed by atoms with Gasteiger partial charge in [-0.1, -0.05) is 80.8 Å². The summed E-state index contributed by atoms with van der Waals surface area (Å²) in [7, 11) is 0. The average molecular weight is 276 g/mol. The van der Waals surface area contributed by atoms with Crippen molar-refractivity contribution in [1.29, 1.82) is 0 Å². The van der Waals surface area contributed by atoms with Crippen molar-refractivity contribution in [3.8, 4) is 11.1 Å². The van der Waals surface area contributed by atoms with E-state index in [1.807, 2.05) is 0 Å². The molecule has 0 aromatic heterocycles. The molecule has 2 aromatic carbocycles. The molecule has 0 saturated heterocycles. The molecule has 0 amide bonds. The van der Waals surface area contributed by atoms with Crippen LogP contribution in [0.1, 0.15) is 49.8 Å². The number of fused-ring (bicyclic) bond motifs is 1. The molecule has 0 aliphatic heterocycles. The fourth-order valence-electron chi connectivity index (χ4n) is 3.31. The van der Waals surface area contributed by atoms with Gasteiger partial charge in [-0.2, -0.15) is 0 Å². The zero-order valence-electron chi connectivity index (χ0n) is 13.2. The number of hydrogen-bond donors (Lipinski definition) is 0. The molecule has 0 fully saturated rings. The van der Waals surface area contributed by atoms with Crippen LogP contribution < -0.4 is 0 Å². The van der Waals surface area contributed by atoms with Gasteiger partial charge in [-0.25, -0.2) is 0 Å². The van der Waals surface area contributed by atoms with E-state index in [9.17, 15) is 0 Å². The fraction of sp³-hybridized carbons (Fsp3) is 0.333. The Morgan fingerprint density at radius 3 is 2.33 bits per heavy atom. The van der Waals surface area contributed by atoms with Crippen molar-refractivity contribution >= 4 is 6.08 Å². The van der Waals surface area contributed by atoms with Gasteiger partial charge < -0.3 is 0 Å². The molecule has 0 heteroatoms. The Morgan fingerprint density at radius 2 is 1.62 bits per heavy atom. The fourth-order valence-corrected chi connectivity index (χ4v) is 3.31. The topological polar surface area (TPSA) is 0 Å². The molecule has 0 radical (unpaired) electrons. The number of aryl methyl sites for hydroxylation is 1. The number of hydrogen-bond acceptors (Lipinski definition) is 0. The van der Waals surface area contributed by atoms with Gasteiger partial charge in [-0.05, 0) is 47.1 Å². The molecule has 0 unspecified atom stereocenters. The minimum absolute atomic E-state index is 1.14. The molecule has 0 bridgehead atoms. The van der Waals surface area contributed by atoms with Crippen LogP contribution >= 0.6 is 0 Å². The molecule has 21 heavy (non-hydrogen) atoms. The molecular weight excluding hydrogens is 252 g/mol. The summed E-state index contributed by atoms with van der Waals surface area (Å²) in [5, 5.41) is 0. The molecule has 2 aromatic rings. The van der Waals surface area contributed by atoms with E-state index in [1.165, 1.54) is 53.5 Å². The van der Waals surface area contributed by atoms with Crippen LogP contribution in [0, 0.1) is 0 Å². The van der Waals surface area contributed by atoms with Gasteiger partial charge in [0, 0.05) is 0 Å². The second-order valence-electron chi connectivity index (χ2n) is 6.05. The maximum Gasteiger partial charge on any atom is -0.00576 e. The van der Waals surface area contributed by atoms with Gasteiger partial charge >= 0.3 is 0 Å². The van der Waals surface area contributed by atoms with E-state index in [4.69, 9.17) is 0 Å². The van der Waals surface area contributed by atoms with E-state index in [0.29, 0.717) is 0 Å². The Morgan fingerprint density at radius 1 is 0.857 bits per heavy atom. The highest BCUT2D eigenvalue weighted by Crippen LogP contribution is 2.35. The van der Waals surface area contributed by atoms with Crippen LogP contribution in [-0.4, -0.2) is 0 Å². The SMILES string of the molecule is CCCC1=Cc2c(cccc2-c2ccc(CCC)cc2)C1. The lowest BCUT2D eigenvalue weighted by Gasteiger charge is -2.08. The first kappa shape index (κ1) is 14.1. The van der Waals surface area contributed by atoms with Crippen molar-refractivity contribution in [2.24, 2.45) is 0 Å². The van der Waals surface area contributed by atoms with E-state index in [1.54, 1.807) is 5.57 Å². The van der Waals surface area contributed by atoms with Crippen molar-refractivity contribution in [1.82, 2.24) is 0 Å². The first-order valence-corrected chi connectivity index (χ1v) is 8.22. The molecule has 3 rings (SSSR count). The van der Waals surface area contributed by atoms with E-state index in [0.717, 1.165) is 6.42 Å². The molecule has 0 N–H and O–H groups in total. The smallest absolute Gasteiger partial charge is 0.00576 e. The van der Waals surface area contributed by atoms with Crippen LogP contribution in [0.25, 0.3) is 17.2 Å². The van der Waals surface area contributed by atoms with Crippen molar-refractivity contribution in [3.05, 3.63) is 64.7 Å². The van der Waals surface area contributed by atoms with Crippen molar-refractivity contribution < 1.29 is 0 Å². The minimum atomic E-state index is 1.14. The van der Waals surface area contributed by atoms with Crippen molar-refractivity contribution in [3.63, 3.8) is 0 Å². The van der Waals surface area contributed by atoms with Crippen LogP contribution in [0.4, 0.5) is 0 Å². The molecule has 1 aliphatic rings. The number of benzene rings is 2. The van der Waals surface area contributed by atoms with Crippen LogP contribution in [0.5, 0.6) is 0 Å². The molecule has 108 valence electrons. The molecule has 0 heterocycles. The quantitative estimate of drug-likeness (QED) is 0.624. The predicted molar refractivity (Wildman–Crippen MR) is 92.5 cm³/mol. The highest BCUT2D eigenvalue weighted by Gasteiger charge is 2.15. The average Bonchev–Trinajstić information content (AvgIpc) is 2.91. The predicted octanol–water partition coefficient (Wildman–Crippen LogP) is 6.05. The Kier molecular flexibility index (Phi) is 4.24. The first-order chi connectivity index (χ1) is 10.3. The van der Waals surface area contributed by atoms with Gasteiger partial charge in [-0.3, -0.25) is 0 Å². The lowest BCUT2D eigenvalue weighted by molar-refractivity contribution is 0.886. The molecular formula is C21H24. The molecule has 1 aliphatic carbocycles. The normalized spacial score (nSPS) is 13.1. The van der Waals surface area contributed by atoms with Crippen LogP contribution in [-0.2, 0) is 12.8 Å². The third-order valence-corrected chi connectivity index (χ3v) is 4.34. The Balaban J connectivity index is 1.95. The zero-order valence-corrected chi connectivity index (χ0v) is 13.2. The highest BCUT2D eigenvalue weighted by molar-refractivity contribution is 5.80. The van der Waals surface area contributed by atoms with Crippen molar-refractivity contribution in [2.75, 3.05) is 0 Å². The molecule has 0 atom stereocenters. The van der Waals surface area contributed by atoms with Crippen LogP contribution in [0.15, 0.2) is 48.0 Å². The van der Waals surface area contributed by atoms with Gasteiger partial charge in [0.1, 0.15) is 0 Å². The maximum absolute atomic E-state index is 2.42. The second kappa shape index (κ2) is 6.30. The van der Waals surface area contributed by atoms with Gasteiger partial charge in [0.15, 0.2) is 0 Å². The summed E-state index contributed by atoms with van der Waals surface area (Å²) in [5.74, 6) is 0. The van der Waals surface area contributed by atoms with Gasteiger partial charge in [-0.15, -0.1) is 0 Å². The van der Waals surface area contributed by atoms with E-state index in [2.05, 4.69) is 62.4 Å². The van der Waals surface area contributed by atoms with Gasteiger partial charge in [0.2, 0.25) is 0 Å². The van der Waals surface area contributed by atoms with E-state index < -0.39 is 0 Å². The molecule has 0 saturated carbocycles. The molecule has 0 spiro atoms. The summed E-state index contributed by atoms with van der Waals surface area (Å²) >= 11 is 0. The summed E-state index contributed by atoms with van der Waals surface area (Å²) in [6.45, 7) is 4.50. The summed E-state index contributed by atoms with van der Waals surface area (Å²) in [6, 6.07) is 15.9. The van der Waals surface area contributed by atoms with E-state index in [-0.39, 0.29) is 0 Å². The standard InChI is InChI=1S/C21H24/c1-3-6-16-10-12-18(13-11-16)20-9-5-8-19-14-17(7-4-2)15-21(19)20/h5,8-13,15H,3-4,6-7,14H2,1-2H3. The lowest BCUT2D eigenvalue weighted by Crippen LogP contribution is -1.88.